The summed E-state index contributed by atoms with van der Waals surface area (Å²) in [6.07, 6.45) is 0. The number of aryl methyl sites for hydroxylation is 2. The van der Waals surface area contributed by atoms with Crippen molar-refractivity contribution in [3.05, 3.63) is 96.1 Å². The van der Waals surface area contributed by atoms with Crippen molar-refractivity contribution in [1.29, 1.82) is 0 Å². The molecule has 0 fully saturated rings. The Morgan fingerprint density at radius 1 is 0.458 bits per heavy atom. The molecular formula is C24H20. The zero-order valence-corrected chi connectivity index (χ0v) is 14.1. The van der Waals surface area contributed by atoms with Gasteiger partial charge in [-0.05, 0) is 70.1 Å². The van der Waals surface area contributed by atoms with Gasteiger partial charge in [0.25, 0.3) is 0 Å². The van der Waals surface area contributed by atoms with E-state index in [4.69, 9.17) is 0 Å². The second kappa shape index (κ2) is 5.98. The van der Waals surface area contributed by atoms with E-state index in [1.807, 2.05) is 0 Å². The smallest absolute Gasteiger partial charge is 0.0155 e. The largest absolute Gasteiger partial charge is 0.0620 e. The first-order valence-electron chi connectivity index (χ1n) is 8.38. The summed E-state index contributed by atoms with van der Waals surface area (Å²) in [7, 11) is 0. The van der Waals surface area contributed by atoms with Gasteiger partial charge in [0.15, 0.2) is 0 Å². The number of hydrogen-bond acceptors (Lipinski definition) is 0. The third-order valence-corrected chi connectivity index (χ3v) is 4.75. The molecule has 24 heavy (non-hydrogen) atoms. The molecule has 0 heterocycles. The molecule has 0 radical (unpaired) electrons. The van der Waals surface area contributed by atoms with E-state index in [2.05, 4.69) is 98.8 Å². The average Bonchev–Trinajstić information content (AvgIpc) is 2.62. The van der Waals surface area contributed by atoms with Gasteiger partial charge in [-0.2, -0.15) is 0 Å². The molecule has 4 rings (SSSR count). The Morgan fingerprint density at radius 3 is 1.29 bits per heavy atom. The van der Waals surface area contributed by atoms with Crippen molar-refractivity contribution in [3.63, 3.8) is 0 Å². The molecule has 0 aromatic heterocycles. The first-order valence-corrected chi connectivity index (χ1v) is 8.38. The molecule has 0 aliphatic heterocycles. The fourth-order valence-corrected chi connectivity index (χ4v) is 3.37. The predicted molar refractivity (Wildman–Crippen MR) is 104 cm³/mol. The van der Waals surface area contributed by atoms with E-state index in [-0.39, 0.29) is 0 Å². The molecule has 0 nitrogen and oxygen atoms in total. The SMILES string of the molecule is Cc1ccccc1-c1ccc2cc(-c3ccccc3C)ccc2c1. The summed E-state index contributed by atoms with van der Waals surface area (Å²) < 4.78 is 0. The van der Waals surface area contributed by atoms with Crippen LogP contribution in [0, 0.1) is 13.8 Å². The van der Waals surface area contributed by atoms with Gasteiger partial charge in [-0.15, -0.1) is 0 Å². The van der Waals surface area contributed by atoms with Crippen molar-refractivity contribution >= 4 is 10.8 Å². The maximum absolute atomic E-state index is 2.29. The molecule has 0 atom stereocenters. The van der Waals surface area contributed by atoms with E-state index in [9.17, 15) is 0 Å². The lowest BCUT2D eigenvalue weighted by Gasteiger charge is -2.10. The Morgan fingerprint density at radius 2 is 0.875 bits per heavy atom. The molecular weight excluding hydrogens is 288 g/mol. The van der Waals surface area contributed by atoms with E-state index >= 15 is 0 Å². The molecule has 0 spiro atoms. The molecule has 116 valence electrons. The van der Waals surface area contributed by atoms with Crippen molar-refractivity contribution in [2.45, 2.75) is 13.8 Å². The Balaban J connectivity index is 1.82. The van der Waals surface area contributed by atoms with Gasteiger partial charge in [-0.1, -0.05) is 72.8 Å². The summed E-state index contributed by atoms with van der Waals surface area (Å²) in [6.45, 7) is 4.33. The van der Waals surface area contributed by atoms with E-state index in [1.165, 1.54) is 44.2 Å². The summed E-state index contributed by atoms with van der Waals surface area (Å²) in [5.74, 6) is 0. The average molecular weight is 308 g/mol. The number of hydrogen-bond donors (Lipinski definition) is 0. The number of fused-ring (bicyclic) bond motifs is 1. The first kappa shape index (κ1) is 14.7. The Labute approximate surface area is 143 Å². The molecule has 0 aliphatic carbocycles. The van der Waals surface area contributed by atoms with Gasteiger partial charge in [-0.3, -0.25) is 0 Å². The van der Waals surface area contributed by atoms with E-state index in [0.717, 1.165) is 0 Å². The van der Waals surface area contributed by atoms with Crippen LogP contribution in [0.15, 0.2) is 84.9 Å². The topological polar surface area (TPSA) is 0 Å². The summed E-state index contributed by atoms with van der Waals surface area (Å²) >= 11 is 0. The predicted octanol–water partition coefficient (Wildman–Crippen LogP) is 6.79. The highest BCUT2D eigenvalue weighted by Crippen LogP contribution is 2.30. The summed E-state index contributed by atoms with van der Waals surface area (Å²) in [5.41, 5.74) is 7.81. The van der Waals surface area contributed by atoms with Gasteiger partial charge in [0, 0.05) is 0 Å². The van der Waals surface area contributed by atoms with Crippen LogP contribution in [-0.2, 0) is 0 Å². The molecule has 0 aliphatic rings. The minimum Gasteiger partial charge on any atom is -0.0620 e. The highest BCUT2D eigenvalue weighted by molar-refractivity contribution is 5.91. The van der Waals surface area contributed by atoms with Crippen molar-refractivity contribution in [3.8, 4) is 22.3 Å². The van der Waals surface area contributed by atoms with Crippen molar-refractivity contribution in [2.24, 2.45) is 0 Å². The quantitative estimate of drug-likeness (QED) is 0.382. The lowest BCUT2D eigenvalue weighted by Crippen LogP contribution is -1.85. The summed E-state index contributed by atoms with van der Waals surface area (Å²) in [5, 5.41) is 2.57. The van der Waals surface area contributed by atoms with Crippen LogP contribution in [0.4, 0.5) is 0 Å². The van der Waals surface area contributed by atoms with E-state index < -0.39 is 0 Å². The molecule has 0 saturated heterocycles. The molecule has 0 saturated carbocycles. The molecule has 0 bridgehead atoms. The van der Waals surface area contributed by atoms with Crippen LogP contribution >= 0.6 is 0 Å². The molecule has 0 N–H and O–H groups in total. The number of rotatable bonds is 2. The highest BCUT2D eigenvalue weighted by Gasteiger charge is 2.05. The highest BCUT2D eigenvalue weighted by atomic mass is 14.1. The minimum absolute atomic E-state index is 1.28. The molecule has 0 unspecified atom stereocenters. The number of benzene rings is 4. The normalized spacial score (nSPS) is 10.9. The van der Waals surface area contributed by atoms with Crippen LogP contribution in [0.1, 0.15) is 11.1 Å². The monoisotopic (exact) mass is 308 g/mol. The second-order valence-corrected chi connectivity index (χ2v) is 6.41. The maximum Gasteiger partial charge on any atom is -0.0155 e. The molecule has 0 amide bonds. The van der Waals surface area contributed by atoms with Crippen molar-refractivity contribution < 1.29 is 0 Å². The fourth-order valence-electron chi connectivity index (χ4n) is 3.37. The lowest BCUT2D eigenvalue weighted by molar-refractivity contribution is 1.46. The summed E-state index contributed by atoms with van der Waals surface area (Å²) in [6, 6.07) is 30.6. The van der Waals surface area contributed by atoms with Crippen LogP contribution in [-0.4, -0.2) is 0 Å². The Bertz CT molecular complexity index is 940. The third-order valence-electron chi connectivity index (χ3n) is 4.75. The van der Waals surface area contributed by atoms with Crippen LogP contribution in [0.3, 0.4) is 0 Å². The molecule has 4 aromatic rings. The zero-order valence-electron chi connectivity index (χ0n) is 14.1. The molecule has 0 heteroatoms. The van der Waals surface area contributed by atoms with Gasteiger partial charge in [0.05, 0.1) is 0 Å². The third kappa shape index (κ3) is 2.61. The maximum atomic E-state index is 2.29. The second-order valence-electron chi connectivity index (χ2n) is 6.41. The van der Waals surface area contributed by atoms with E-state index in [1.54, 1.807) is 0 Å². The van der Waals surface area contributed by atoms with Crippen molar-refractivity contribution in [2.75, 3.05) is 0 Å². The first-order chi connectivity index (χ1) is 11.7. The van der Waals surface area contributed by atoms with E-state index in [0.29, 0.717) is 0 Å². The Hall–Kier alpha value is -2.86. The van der Waals surface area contributed by atoms with Gasteiger partial charge in [0.2, 0.25) is 0 Å². The molecule has 4 aromatic carbocycles. The van der Waals surface area contributed by atoms with Crippen LogP contribution in [0.5, 0.6) is 0 Å². The van der Waals surface area contributed by atoms with Crippen LogP contribution in [0.2, 0.25) is 0 Å². The minimum atomic E-state index is 1.28. The van der Waals surface area contributed by atoms with Gasteiger partial charge in [0.1, 0.15) is 0 Å². The zero-order chi connectivity index (χ0) is 16.5. The standard InChI is InChI=1S/C24H20/c1-17-7-3-5-9-23(17)21-13-11-20-16-22(14-12-19(20)15-21)24-10-6-4-8-18(24)2/h3-16H,1-2H3. The van der Waals surface area contributed by atoms with Crippen LogP contribution in [0.25, 0.3) is 33.0 Å². The summed E-state index contributed by atoms with van der Waals surface area (Å²) in [4.78, 5) is 0. The fraction of sp³-hybridized carbons (Fsp3) is 0.0833. The van der Waals surface area contributed by atoms with Crippen molar-refractivity contribution in [1.82, 2.24) is 0 Å². The Kier molecular flexibility index (Phi) is 3.66. The van der Waals surface area contributed by atoms with Crippen LogP contribution < -0.4 is 0 Å². The van der Waals surface area contributed by atoms with Gasteiger partial charge >= 0.3 is 0 Å². The van der Waals surface area contributed by atoms with Gasteiger partial charge < -0.3 is 0 Å². The van der Waals surface area contributed by atoms with Gasteiger partial charge in [-0.25, -0.2) is 0 Å². The lowest BCUT2D eigenvalue weighted by atomic mass is 9.95.